The van der Waals surface area contributed by atoms with E-state index in [0.717, 1.165) is 53.9 Å². The quantitative estimate of drug-likeness (QED) is 0.665. The Morgan fingerprint density at radius 3 is 2.69 bits per heavy atom. The van der Waals surface area contributed by atoms with Crippen LogP contribution in [0.5, 0.6) is 0 Å². The third-order valence-electron chi connectivity index (χ3n) is 4.74. The number of aromatic carboxylic acids is 1. The summed E-state index contributed by atoms with van der Waals surface area (Å²) in [7, 11) is 0. The fourth-order valence-corrected chi connectivity index (χ4v) is 3.30. The van der Waals surface area contributed by atoms with Crippen molar-refractivity contribution in [3.63, 3.8) is 0 Å². The zero-order valence-electron chi connectivity index (χ0n) is 14.8. The molecule has 3 N–H and O–H groups in total. The van der Waals surface area contributed by atoms with Gasteiger partial charge in [-0.25, -0.2) is 4.79 Å². The van der Waals surface area contributed by atoms with E-state index in [-0.39, 0.29) is 5.56 Å². The van der Waals surface area contributed by atoms with Crippen molar-refractivity contribution in [1.82, 2.24) is 15.0 Å². The second-order valence-electron chi connectivity index (χ2n) is 6.74. The number of anilines is 3. The summed E-state index contributed by atoms with van der Waals surface area (Å²) >= 11 is 0. The van der Waals surface area contributed by atoms with E-state index in [0.29, 0.717) is 11.8 Å². The topological polar surface area (TPSA) is 94.1 Å². The lowest BCUT2D eigenvalue weighted by Crippen LogP contribution is -2.20. The van der Waals surface area contributed by atoms with Crippen molar-refractivity contribution in [1.29, 1.82) is 0 Å². The van der Waals surface area contributed by atoms with E-state index in [4.69, 9.17) is 4.98 Å². The Morgan fingerprint density at radius 2 is 1.96 bits per heavy atom. The lowest BCUT2D eigenvalue weighted by molar-refractivity contribution is 0.0697. The number of carboxylic acid groups (broad SMARTS) is 1. The summed E-state index contributed by atoms with van der Waals surface area (Å²) in [5.41, 5.74) is 3.72. The number of carboxylic acids is 1. The number of aryl methyl sites for hydroxylation is 2. The molecule has 7 nitrogen and oxygen atoms in total. The highest BCUT2D eigenvalue weighted by Crippen LogP contribution is 2.29. The Balaban J connectivity index is 1.80. The molecule has 1 saturated heterocycles. The number of hydrogen-bond donors (Lipinski definition) is 3. The summed E-state index contributed by atoms with van der Waals surface area (Å²) in [5, 5.41) is 13.5. The van der Waals surface area contributed by atoms with Crippen molar-refractivity contribution in [2.75, 3.05) is 23.3 Å². The van der Waals surface area contributed by atoms with Gasteiger partial charge in [0.25, 0.3) is 0 Å². The van der Waals surface area contributed by atoms with E-state index in [9.17, 15) is 9.90 Å². The van der Waals surface area contributed by atoms with Crippen LogP contribution in [0.15, 0.2) is 24.3 Å². The Labute approximate surface area is 151 Å². The Bertz CT molecular complexity index is 989. The largest absolute Gasteiger partial charge is 0.478 e. The van der Waals surface area contributed by atoms with Gasteiger partial charge in [-0.2, -0.15) is 9.97 Å². The zero-order valence-corrected chi connectivity index (χ0v) is 14.8. The molecular formula is C19H21N5O2. The molecule has 0 aliphatic carbocycles. The fraction of sp³-hybridized carbons (Fsp3) is 0.316. The van der Waals surface area contributed by atoms with Gasteiger partial charge in [-0.3, -0.25) is 0 Å². The van der Waals surface area contributed by atoms with Gasteiger partial charge in [0.2, 0.25) is 5.95 Å². The van der Waals surface area contributed by atoms with Crippen LogP contribution in [0.25, 0.3) is 11.0 Å². The molecule has 4 rings (SSSR count). The van der Waals surface area contributed by atoms with Crippen molar-refractivity contribution in [2.45, 2.75) is 26.7 Å². The predicted molar refractivity (Wildman–Crippen MR) is 101 cm³/mol. The Kier molecular flexibility index (Phi) is 3.99. The normalized spacial score (nSPS) is 14.2. The van der Waals surface area contributed by atoms with Crippen molar-refractivity contribution in [3.05, 3.63) is 41.1 Å². The maximum Gasteiger partial charge on any atom is 0.335 e. The van der Waals surface area contributed by atoms with Crippen molar-refractivity contribution in [3.8, 4) is 0 Å². The van der Waals surface area contributed by atoms with E-state index >= 15 is 0 Å². The van der Waals surface area contributed by atoms with E-state index in [1.807, 2.05) is 19.9 Å². The molecule has 1 aliphatic rings. The number of H-pyrrole nitrogens is 1. The van der Waals surface area contributed by atoms with Gasteiger partial charge in [-0.05, 0) is 50.5 Å². The van der Waals surface area contributed by atoms with Crippen LogP contribution >= 0.6 is 0 Å². The molecule has 7 heteroatoms. The first-order valence-corrected chi connectivity index (χ1v) is 8.74. The molecule has 1 aliphatic heterocycles. The molecule has 0 spiro atoms. The minimum Gasteiger partial charge on any atom is -0.478 e. The highest BCUT2D eigenvalue weighted by Gasteiger charge is 2.19. The fourth-order valence-electron chi connectivity index (χ4n) is 3.30. The van der Waals surface area contributed by atoms with E-state index in [2.05, 4.69) is 20.2 Å². The van der Waals surface area contributed by atoms with Gasteiger partial charge in [-0.1, -0.05) is 6.07 Å². The average Bonchev–Trinajstić information content (AvgIpc) is 3.25. The zero-order chi connectivity index (χ0) is 18.3. The third kappa shape index (κ3) is 2.96. The molecule has 0 amide bonds. The number of hydrogen-bond acceptors (Lipinski definition) is 5. The number of rotatable bonds is 4. The summed E-state index contributed by atoms with van der Waals surface area (Å²) in [6.07, 6.45) is 2.29. The van der Waals surface area contributed by atoms with E-state index < -0.39 is 5.97 Å². The van der Waals surface area contributed by atoms with Crippen LogP contribution in [-0.2, 0) is 0 Å². The first kappa shape index (κ1) is 16.4. The van der Waals surface area contributed by atoms with Crippen LogP contribution in [0, 0.1) is 13.8 Å². The number of aromatic nitrogens is 3. The van der Waals surface area contributed by atoms with E-state index in [1.54, 1.807) is 18.2 Å². The molecule has 2 aromatic heterocycles. The van der Waals surface area contributed by atoms with Crippen LogP contribution in [0.3, 0.4) is 0 Å². The van der Waals surface area contributed by atoms with Crippen molar-refractivity contribution >= 4 is 34.5 Å². The molecule has 0 atom stereocenters. The molecule has 0 saturated carbocycles. The molecule has 0 unspecified atom stereocenters. The molecule has 26 heavy (non-hydrogen) atoms. The molecule has 0 bridgehead atoms. The second kappa shape index (κ2) is 6.33. The van der Waals surface area contributed by atoms with Crippen LogP contribution in [-0.4, -0.2) is 39.1 Å². The Hall–Kier alpha value is -3.09. The lowest BCUT2D eigenvalue weighted by Gasteiger charge is -2.17. The number of fused-ring (bicyclic) bond motifs is 1. The molecular weight excluding hydrogens is 330 g/mol. The van der Waals surface area contributed by atoms with Gasteiger partial charge in [0.1, 0.15) is 11.5 Å². The molecule has 0 radical (unpaired) electrons. The second-order valence-corrected chi connectivity index (χ2v) is 6.74. The van der Waals surface area contributed by atoms with Crippen LogP contribution in [0.2, 0.25) is 0 Å². The average molecular weight is 351 g/mol. The summed E-state index contributed by atoms with van der Waals surface area (Å²) in [6.45, 7) is 5.84. The van der Waals surface area contributed by atoms with Gasteiger partial charge in [-0.15, -0.1) is 0 Å². The molecule has 3 aromatic rings. The first-order valence-electron chi connectivity index (χ1n) is 8.74. The van der Waals surface area contributed by atoms with Gasteiger partial charge in [0.15, 0.2) is 0 Å². The number of benzene rings is 1. The van der Waals surface area contributed by atoms with Gasteiger partial charge in [0.05, 0.1) is 10.9 Å². The maximum atomic E-state index is 11.3. The minimum atomic E-state index is -0.948. The first-order chi connectivity index (χ1) is 12.5. The highest BCUT2D eigenvalue weighted by atomic mass is 16.4. The van der Waals surface area contributed by atoms with Crippen LogP contribution in [0.4, 0.5) is 17.5 Å². The summed E-state index contributed by atoms with van der Waals surface area (Å²) < 4.78 is 0. The molecule has 134 valence electrons. The van der Waals surface area contributed by atoms with Gasteiger partial charge in [0, 0.05) is 24.5 Å². The van der Waals surface area contributed by atoms with Crippen molar-refractivity contribution in [2.24, 2.45) is 0 Å². The van der Waals surface area contributed by atoms with Crippen LogP contribution < -0.4 is 10.2 Å². The number of carbonyl (C=O) groups is 1. The summed E-state index contributed by atoms with van der Waals surface area (Å²) in [4.78, 5) is 26.2. The SMILES string of the molecule is Cc1cc2c(Nc3cc(C(=O)O)ccc3C)nc(N3CCCC3)nc2[nH]1. The molecule has 3 heterocycles. The number of nitrogens with zero attached hydrogens (tertiary/aromatic N) is 3. The van der Waals surface area contributed by atoms with Crippen molar-refractivity contribution < 1.29 is 9.90 Å². The van der Waals surface area contributed by atoms with Gasteiger partial charge < -0.3 is 20.3 Å². The molecule has 1 fully saturated rings. The minimum absolute atomic E-state index is 0.244. The van der Waals surface area contributed by atoms with Crippen LogP contribution in [0.1, 0.15) is 34.5 Å². The highest BCUT2D eigenvalue weighted by molar-refractivity contribution is 5.93. The maximum absolute atomic E-state index is 11.3. The lowest BCUT2D eigenvalue weighted by atomic mass is 10.1. The summed E-state index contributed by atoms with van der Waals surface area (Å²) in [6, 6.07) is 7.05. The number of aromatic amines is 1. The predicted octanol–water partition coefficient (Wildman–Crippen LogP) is 3.62. The summed E-state index contributed by atoms with van der Waals surface area (Å²) in [5.74, 6) is 0.439. The smallest absolute Gasteiger partial charge is 0.335 e. The third-order valence-corrected chi connectivity index (χ3v) is 4.74. The monoisotopic (exact) mass is 351 g/mol. The van der Waals surface area contributed by atoms with E-state index in [1.165, 1.54) is 0 Å². The standard InChI is InChI=1S/C19H21N5O2/c1-11-5-6-13(18(25)26)10-15(11)21-17-14-9-12(2)20-16(14)22-19(23-17)24-7-3-4-8-24/h5-6,9-10H,3-4,7-8H2,1-2H3,(H,25,26)(H2,20,21,22,23). The Morgan fingerprint density at radius 1 is 1.19 bits per heavy atom. The van der Waals surface area contributed by atoms with Gasteiger partial charge >= 0.3 is 5.97 Å². The number of nitrogens with one attached hydrogen (secondary N) is 2. The molecule has 1 aromatic carbocycles.